The van der Waals surface area contributed by atoms with Crippen LogP contribution in [0.2, 0.25) is 0 Å². The first-order valence-electron chi connectivity index (χ1n) is 2.65. The van der Waals surface area contributed by atoms with Crippen molar-refractivity contribution in [3.8, 4) is 0 Å². The van der Waals surface area contributed by atoms with Crippen LogP contribution in [-0.4, -0.2) is 21.7 Å². The zero-order chi connectivity index (χ0) is 7.49. The van der Waals surface area contributed by atoms with E-state index in [1.54, 1.807) is 20.8 Å². The number of nitrogens with zero attached hydrogens (tertiary/aromatic N) is 1. The Labute approximate surface area is 54.1 Å². The van der Waals surface area contributed by atoms with Gasteiger partial charge in [-0.05, 0) is 20.8 Å². The van der Waals surface area contributed by atoms with Crippen LogP contribution >= 0.6 is 0 Å². The summed E-state index contributed by atoms with van der Waals surface area (Å²) in [6.07, 6.45) is 0. The molecule has 54 valence electrons. The minimum absolute atomic E-state index is 0.435. The summed E-state index contributed by atoms with van der Waals surface area (Å²) in [6.45, 7) is 5.01. The minimum atomic E-state index is -0.644. The lowest BCUT2D eigenvalue weighted by atomic mass is 10.0. The molecular weight excluding hydrogens is 120 g/mol. The molecule has 0 spiro atoms. The normalized spacial score (nSPS) is 14.0. The highest BCUT2D eigenvalue weighted by atomic mass is 16.5. The fraction of sp³-hybridized carbons (Fsp3) is 0.800. The second-order valence-corrected chi connectivity index (χ2v) is 2.42. The van der Waals surface area contributed by atoms with Gasteiger partial charge in [0, 0.05) is 0 Å². The van der Waals surface area contributed by atoms with Crippen LogP contribution < -0.4 is 5.48 Å². The average molecular weight is 132 g/mol. The number of hydrogen-bond acceptors (Lipinski definition) is 4. The molecule has 0 aromatic carbocycles. The topological polar surface area (TPSA) is 64.9 Å². The van der Waals surface area contributed by atoms with E-state index in [4.69, 9.17) is 10.4 Å². The monoisotopic (exact) mass is 132 g/mol. The van der Waals surface area contributed by atoms with Crippen molar-refractivity contribution in [3.05, 3.63) is 0 Å². The third-order valence-electron chi connectivity index (χ3n) is 1.33. The molecule has 0 aromatic rings. The van der Waals surface area contributed by atoms with Crippen LogP contribution in [0.4, 0.5) is 0 Å². The van der Waals surface area contributed by atoms with Crippen LogP contribution in [0.5, 0.6) is 0 Å². The summed E-state index contributed by atoms with van der Waals surface area (Å²) in [6, 6.07) is 0. The molecular formula is C5H12N2O2. The summed E-state index contributed by atoms with van der Waals surface area (Å²) < 4.78 is 0. The largest absolute Gasteiger partial charge is 0.411 e. The molecule has 0 aliphatic carbocycles. The molecule has 4 nitrogen and oxygen atoms in total. The van der Waals surface area contributed by atoms with Gasteiger partial charge in [0.15, 0.2) is 0 Å². The smallest absolute Gasteiger partial charge is 0.0784 e. The molecule has 0 aromatic heterocycles. The highest BCUT2D eigenvalue weighted by molar-refractivity contribution is 5.89. The number of hydroxylamine groups is 1. The van der Waals surface area contributed by atoms with E-state index in [9.17, 15) is 0 Å². The summed E-state index contributed by atoms with van der Waals surface area (Å²) >= 11 is 0. The van der Waals surface area contributed by atoms with Gasteiger partial charge < -0.3 is 10.4 Å². The standard InChI is InChI=1S/C5H12N2O2/c1-4(6-8)5(2,3)7-9/h7-9H,1-3H3/b6-4+. The molecule has 0 radical (unpaired) electrons. The Bertz CT molecular complexity index is 120. The quantitative estimate of drug-likeness (QED) is 0.293. The van der Waals surface area contributed by atoms with Gasteiger partial charge >= 0.3 is 0 Å². The van der Waals surface area contributed by atoms with Crippen LogP contribution in [0.15, 0.2) is 5.16 Å². The number of hydrogen-bond donors (Lipinski definition) is 3. The molecule has 4 heteroatoms. The maximum Gasteiger partial charge on any atom is 0.0784 e. The van der Waals surface area contributed by atoms with Crippen molar-refractivity contribution in [2.45, 2.75) is 26.3 Å². The van der Waals surface area contributed by atoms with Gasteiger partial charge in [0.2, 0.25) is 0 Å². The van der Waals surface area contributed by atoms with Crippen LogP contribution in [0.25, 0.3) is 0 Å². The van der Waals surface area contributed by atoms with Crippen molar-refractivity contribution >= 4 is 5.71 Å². The van der Waals surface area contributed by atoms with Crippen LogP contribution in [0.3, 0.4) is 0 Å². The molecule has 0 saturated heterocycles. The second kappa shape index (κ2) is 2.80. The molecule has 0 aliphatic rings. The third kappa shape index (κ3) is 1.99. The van der Waals surface area contributed by atoms with Gasteiger partial charge in [0.1, 0.15) is 0 Å². The van der Waals surface area contributed by atoms with E-state index >= 15 is 0 Å². The fourth-order valence-corrected chi connectivity index (χ4v) is 0.206. The van der Waals surface area contributed by atoms with E-state index in [-0.39, 0.29) is 0 Å². The van der Waals surface area contributed by atoms with Gasteiger partial charge in [0.05, 0.1) is 11.3 Å². The molecule has 0 fully saturated rings. The Morgan fingerprint density at radius 1 is 1.56 bits per heavy atom. The summed E-state index contributed by atoms with van der Waals surface area (Å²) in [4.78, 5) is 0. The number of oxime groups is 1. The van der Waals surface area contributed by atoms with E-state index in [0.29, 0.717) is 5.71 Å². The van der Waals surface area contributed by atoms with Gasteiger partial charge in [-0.15, -0.1) is 0 Å². The molecule has 0 rings (SSSR count). The Balaban J connectivity index is 4.14. The van der Waals surface area contributed by atoms with Crippen LogP contribution in [0, 0.1) is 0 Å². The lowest BCUT2D eigenvalue weighted by Crippen LogP contribution is -2.43. The summed E-state index contributed by atoms with van der Waals surface area (Å²) in [7, 11) is 0. The van der Waals surface area contributed by atoms with Gasteiger partial charge in [-0.2, -0.15) is 5.48 Å². The van der Waals surface area contributed by atoms with Crippen molar-refractivity contribution in [1.82, 2.24) is 5.48 Å². The summed E-state index contributed by atoms with van der Waals surface area (Å²) in [5, 5.41) is 19.6. The minimum Gasteiger partial charge on any atom is -0.411 e. The Kier molecular flexibility index (Phi) is 2.61. The van der Waals surface area contributed by atoms with Gasteiger partial charge in [0.25, 0.3) is 0 Å². The fourth-order valence-electron chi connectivity index (χ4n) is 0.206. The molecule has 0 aliphatic heterocycles. The molecule has 9 heavy (non-hydrogen) atoms. The summed E-state index contributed by atoms with van der Waals surface area (Å²) in [5.74, 6) is 0. The van der Waals surface area contributed by atoms with Crippen LogP contribution in [0.1, 0.15) is 20.8 Å². The molecule has 3 N–H and O–H groups in total. The Hall–Kier alpha value is -0.610. The first kappa shape index (κ1) is 8.39. The summed E-state index contributed by atoms with van der Waals surface area (Å²) in [5.41, 5.74) is 1.79. The average Bonchev–Trinajstić information content (AvgIpc) is 1.86. The molecule has 0 heterocycles. The second-order valence-electron chi connectivity index (χ2n) is 2.42. The van der Waals surface area contributed by atoms with E-state index < -0.39 is 5.54 Å². The van der Waals surface area contributed by atoms with Gasteiger partial charge in [-0.3, -0.25) is 0 Å². The SMILES string of the molecule is C/C(=N\O)C(C)(C)NO. The van der Waals surface area contributed by atoms with E-state index in [0.717, 1.165) is 0 Å². The molecule has 0 unspecified atom stereocenters. The molecule has 0 atom stereocenters. The Morgan fingerprint density at radius 2 is 2.00 bits per heavy atom. The highest BCUT2D eigenvalue weighted by Gasteiger charge is 2.20. The van der Waals surface area contributed by atoms with Crippen molar-refractivity contribution in [3.63, 3.8) is 0 Å². The maximum atomic E-state index is 8.45. The van der Waals surface area contributed by atoms with Gasteiger partial charge in [-0.1, -0.05) is 5.16 Å². The maximum absolute atomic E-state index is 8.45. The molecule has 0 bridgehead atoms. The number of nitrogens with one attached hydrogen (secondary N) is 1. The van der Waals surface area contributed by atoms with Crippen molar-refractivity contribution in [1.29, 1.82) is 0 Å². The molecule has 0 amide bonds. The molecule has 0 saturated carbocycles. The first-order valence-corrected chi connectivity index (χ1v) is 2.65. The lowest BCUT2D eigenvalue weighted by molar-refractivity contribution is 0.113. The predicted molar refractivity (Wildman–Crippen MR) is 33.9 cm³/mol. The Morgan fingerprint density at radius 3 is 2.11 bits per heavy atom. The van der Waals surface area contributed by atoms with E-state index in [1.807, 2.05) is 5.48 Å². The van der Waals surface area contributed by atoms with Gasteiger partial charge in [-0.25, -0.2) is 0 Å². The van der Waals surface area contributed by atoms with E-state index in [2.05, 4.69) is 5.16 Å². The first-order chi connectivity index (χ1) is 4.04. The zero-order valence-electron chi connectivity index (χ0n) is 5.84. The lowest BCUT2D eigenvalue weighted by Gasteiger charge is -2.20. The van der Waals surface area contributed by atoms with E-state index in [1.165, 1.54) is 0 Å². The number of rotatable bonds is 2. The van der Waals surface area contributed by atoms with Crippen molar-refractivity contribution in [2.24, 2.45) is 5.16 Å². The van der Waals surface area contributed by atoms with Crippen molar-refractivity contribution in [2.75, 3.05) is 0 Å². The third-order valence-corrected chi connectivity index (χ3v) is 1.33. The van der Waals surface area contributed by atoms with Crippen molar-refractivity contribution < 1.29 is 10.4 Å². The van der Waals surface area contributed by atoms with Crippen LogP contribution in [-0.2, 0) is 0 Å². The highest BCUT2D eigenvalue weighted by Crippen LogP contribution is 2.02. The predicted octanol–water partition coefficient (Wildman–Crippen LogP) is 0.594. The zero-order valence-corrected chi connectivity index (χ0v) is 5.84.